The van der Waals surface area contributed by atoms with Gasteiger partial charge in [-0.25, -0.2) is 4.98 Å². The maximum Gasteiger partial charge on any atom is 0.128 e. The van der Waals surface area contributed by atoms with Crippen LogP contribution in [0.5, 0.6) is 0 Å². The first-order valence-electron chi connectivity index (χ1n) is 7.99. The van der Waals surface area contributed by atoms with Crippen LogP contribution in [-0.4, -0.2) is 30.7 Å². The van der Waals surface area contributed by atoms with Gasteiger partial charge in [0, 0.05) is 25.3 Å². The maximum absolute atomic E-state index is 4.71. The number of anilines is 1. The van der Waals surface area contributed by atoms with Crippen molar-refractivity contribution in [2.24, 2.45) is 5.92 Å². The van der Waals surface area contributed by atoms with E-state index in [-0.39, 0.29) is 5.41 Å². The molecule has 2 aliphatic rings. The van der Waals surface area contributed by atoms with Gasteiger partial charge in [0.1, 0.15) is 5.82 Å². The fourth-order valence-corrected chi connectivity index (χ4v) is 3.47. The highest BCUT2D eigenvalue weighted by Crippen LogP contribution is 2.28. The van der Waals surface area contributed by atoms with E-state index in [2.05, 4.69) is 49.3 Å². The third kappa shape index (κ3) is 2.83. The Balaban J connectivity index is 1.70. The Labute approximate surface area is 122 Å². The third-order valence-electron chi connectivity index (χ3n) is 4.83. The molecule has 2 unspecified atom stereocenters. The molecule has 0 amide bonds. The van der Waals surface area contributed by atoms with Crippen molar-refractivity contribution in [3.8, 4) is 0 Å². The molecule has 0 aromatic carbocycles. The van der Waals surface area contributed by atoms with Crippen LogP contribution in [0.2, 0.25) is 0 Å². The molecule has 3 heterocycles. The Hall–Kier alpha value is -1.09. The Kier molecular flexibility index (Phi) is 3.72. The second-order valence-electron chi connectivity index (χ2n) is 7.35. The van der Waals surface area contributed by atoms with Crippen molar-refractivity contribution < 1.29 is 0 Å². The SMILES string of the molecule is CC(C)(C)c1ccc(N2CCC3NCCCC3C2)nc1. The predicted octanol–water partition coefficient (Wildman–Crippen LogP) is 2.96. The van der Waals surface area contributed by atoms with E-state index in [1.54, 1.807) is 0 Å². The molecule has 2 saturated heterocycles. The first kappa shape index (κ1) is 13.9. The number of hydrogen-bond donors (Lipinski definition) is 1. The molecule has 0 spiro atoms. The summed E-state index contributed by atoms with van der Waals surface area (Å²) in [7, 11) is 0. The van der Waals surface area contributed by atoms with Gasteiger partial charge in [0.05, 0.1) is 0 Å². The van der Waals surface area contributed by atoms with Crippen molar-refractivity contribution in [2.45, 2.75) is 51.5 Å². The van der Waals surface area contributed by atoms with Crippen LogP contribution in [0.15, 0.2) is 18.3 Å². The molecule has 2 atom stereocenters. The molecule has 20 heavy (non-hydrogen) atoms. The van der Waals surface area contributed by atoms with Gasteiger partial charge in [-0.2, -0.15) is 0 Å². The van der Waals surface area contributed by atoms with Gasteiger partial charge in [-0.15, -0.1) is 0 Å². The van der Waals surface area contributed by atoms with Crippen LogP contribution in [0.3, 0.4) is 0 Å². The van der Waals surface area contributed by atoms with Gasteiger partial charge in [0.25, 0.3) is 0 Å². The Morgan fingerprint density at radius 2 is 2.10 bits per heavy atom. The molecule has 0 aliphatic carbocycles. The number of aromatic nitrogens is 1. The van der Waals surface area contributed by atoms with E-state index in [9.17, 15) is 0 Å². The summed E-state index contributed by atoms with van der Waals surface area (Å²) < 4.78 is 0. The molecule has 2 aliphatic heterocycles. The average Bonchev–Trinajstić information content (AvgIpc) is 2.46. The zero-order valence-corrected chi connectivity index (χ0v) is 13.0. The van der Waals surface area contributed by atoms with Crippen LogP contribution < -0.4 is 10.2 Å². The molecular formula is C17H27N3. The van der Waals surface area contributed by atoms with Crippen molar-refractivity contribution in [1.82, 2.24) is 10.3 Å². The lowest BCUT2D eigenvalue weighted by Gasteiger charge is -2.42. The smallest absolute Gasteiger partial charge is 0.128 e. The first-order valence-corrected chi connectivity index (χ1v) is 7.99. The summed E-state index contributed by atoms with van der Waals surface area (Å²) in [6.07, 6.45) is 6.01. The number of rotatable bonds is 1. The van der Waals surface area contributed by atoms with Gasteiger partial charge in [0.2, 0.25) is 0 Å². The van der Waals surface area contributed by atoms with Crippen LogP contribution in [-0.2, 0) is 5.41 Å². The lowest BCUT2D eigenvalue weighted by Crippen LogP contribution is -2.52. The Bertz CT molecular complexity index is 446. The molecule has 3 rings (SSSR count). The van der Waals surface area contributed by atoms with Gasteiger partial charge < -0.3 is 10.2 Å². The van der Waals surface area contributed by atoms with Gasteiger partial charge >= 0.3 is 0 Å². The number of fused-ring (bicyclic) bond motifs is 1. The van der Waals surface area contributed by atoms with Crippen LogP contribution >= 0.6 is 0 Å². The summed E-state index contributed by atoms with van der Waals surface area (Å²) in [5, 5.41) is 3.67. The van der Waals surface area contributed by atoms with Crippen LogP contribution in [0.25, 0.3) is 0 Å². The minimum Gasteiger partial charge on any atom is -0.356 e. The van der Waals surface area contributed by atoms with Crippen molar-refractivity contribution in [2.75, 3.05) is 24.5 Å². The van der Waals surface area contributed by atoms with E-state index < -0.39 is 0 Å². The number of nitrogens with zero attached hydrogens (tertiary/aromatic N) is 2. The van der Waals surface area contributed by atoms with Crippen molar-refractivity contribution in [3.05, 3.63) is 23.9 Å². The van der Waals surface area contributed by atoms with E-state index in [0.717, 1.165) is 24.3 Å². The number of pyridine rings is 1. The fraction of sp³-hybridized carbons (Fsp3) is 0.706. The van der Waals surface area contributed by atoms with Gasteiger partial charge in [-0.1, -0.05) is 26.8 Å². The Morgan fingerprint density at radius 3 is 2.80 bits per heavy atom. The fourth-order valence-electron chi connectivity index (χ4n) is 3.47. The van der Waals surface area contributed by atoms with Crippen molar-refractivity contribution in [1.29, 1.82) is 0 Å². The van der Waals surface area contributed by atoms with Gasteiger partial charge in [-0.3, -0.25) is 0 Å². The lowest BCUT2D eigenvalue weighted by atomic mass is 9.85. The van der Waals surface area contributed by atoms with Crippen LogP contribution in [0.4, 0.5) is 5.82 Å². The standard InChI is InChI=1S/C17H27N3/c1-17(2,3)14-6-7-16(19-11-14)20-10-8-15-13(12-20)5-4-9-18-15/h6-7,11,13,15,18H,4-5,8-10,12H2,1-3H3. The van der Waals surface area contributed by atoms with Crippen LogP contribution in [0.1, 0.15) is 45.6 Å². The molecule has 1 N–H and O–H groups in total. The second kappa shape index (κ2) is 5.36. The summed E-state index contributed by atoms with van der Waals surface area (Å²) in [6.45, 7) is 10.2. The predicted molar refractivity (Wildman–Crippen MR) is 84.3 cm³/mol. The summed E-state index contributed by atoms with van der Waals surface area (Å²) in [5.41, 5.74) is 1.50. The molecular weight excluding hydrogens is 246 g/mol. The molecule has 2 fully saturated rings. The molecule has 3 heteroatoms. The van der Waals surface area contributed by atoms with E-state index >= 15 is 0 Å². The van der Waals surface area contributed by atoms with E-state index in [1.807, 2.05) is 0 Å². The minimum atomic E-state index is 0.186. The van der Waals surface area contributed by atoms with Gasteiger partial charge in [-0.05, 0) is 48.8 Å². The molecule has 0 radical (unpaired) electrons. The number of nitrogens with one attached hydrogen (secondary N) is 1. The number of piperidine rings is 2. The van der Waals surface area contributed by atoms with E-state index in [4.69, 9.17) is 4.98 Å². The first-order chi connectivity index (χ1) is 9.54. The topological polar surface area (TPSA) is 28.2 Å². The van der Waals surface area contributed by atoms with Gasteiger partial charge in [0.15, 0.2) is 0 Å². The summed E-state index contributed by atoms with van der Waals surface area (Å²) in [5.74, 6) is 1.96. The highest BCUT2D eigenvalue weighted by molar-refractivity contribution is 5.41. The third-order valence-corrected chi connectivity index (χ3v) is 4.83. The van der Waals surface area contributed by atoms with Crippen molar-refractivity contribution in [3.63, 3.8) is 0 Å². The Morgan fingerprint density at radius 1 is 1.25 bits per heavy atom. The second-order valence-corrected chi connectivity index (χ2v) is 7.35. The molecule has 1 aromatic rings. The monoisotopic (exact) mass is 273 g/mol. The van der Waals surface area contributed by atoms with E-state index in [0.29, 0.717) is 0 Å². The normalized spacial score (nSPS) is 27.2. The lowest BCUT2D eigenvalue weighted by molar-refractivity contribution is 0.244. The van der Waals surface area contributed by atoms with E-state index in [1.165, 1.54) is 37.9 Å². The minimum absolute atomic E-state index is 0.186. The maximum atomic E-state index is 4.71. The molecule has 0 bridgehead atoms. The highest BCUT2D eigenvalue weighted by atomic mass is 15.2. The number of hydrogen-bond acceptors (Lipinski definition) is 3. The summed E-state index contributed by atoms with van der Waals surface area (Å²) >= 11 is 0. The van der Waals surface area contributed by atoms with Crippen LogP contribution in [0, 0.1) is 5.92 Å². The zero-order chi connectivity index (χ0) is 14.2. The largest absolute Gasteiger partial charge is 0.356 e. The quantitative estimate of drug-likeness (QED) is 0.852. The molecule has 0 saturated carbocycles. The molecule has 110 valence electrons. The molecule has 1 aromatic heterocycles. The summed E-state index contributed by atoms with van der Waals surface area (Å²) in [4.78, 5) is 7.18. The zero-order valence-electron chi connectivity index (χ0n) is 13.0. The van der Waals surface area contributed by atoms with Crippen molar-refractivity contribution >= 4 is 5.82 Å². The molecule has 3 nitrogen and oxygen atoms in total. The highest BCUT2D eigenvalue weighted by Gasteiger charge is 2.31. The average molecular weight is 273 g/mol. The summed E-state index contributed by atoms with van der Waals surface area (Å²) in [6, 6.07) is 5.19.